The molecule has 0 unspecified atom stereocenters. The first-order valence-electron chi connectivity index (χ1n) is 10.7. The fourth-order valence-corrected chi connectivity index (χ4v) is 4.94. The van der Waals surface area contributed by atoms with Crippen LogP contribution in [-0.2, 0) is 6.54 Å². The Labute approximate surface area is 198 Å². The van der Waals surface area contributed by atoms with E-state index in [4.69, 9.17) is 4.98 Å². The van der Waals surface area contributed by atoms with Crippen LogP contribution in [0.15, 0.2) is 60.4 Å². The van der Waals surface area contributed by atoms with Crippen molar-refractivity contribution in [1.29, 1.82) is 0 Å². The first-order valence-corrected chi connectivity index (χ1v) is 11.6. The number of aromatic nitrogens is 6. The Hall–Kier alpha value is -3.95. The van der Waals surface area contributed by atoms with Gasteiger partial charge < -0.3 is 9.88 Å². The van der Waals surface area contributed by atoms with Crippen molar-refractivity contribution >= 4 is 33.4 Å². The van der Waals surface area contributed by atoms with Gasteiger partial charge in [-0.15, -0.1) is 11.3 Å². The van der Waals surface area contributed by atoms with Gasteiger partial charge in [0.25, 0.3) is 0 Å². The fourth-order valence-electron chi connectivity index (χ4n) is 4.19. The second kappa shape index (κ2) is 8.12. The van der Waals surface area contributed by atoms with E-state index < -0.39 is 0 Å². The average molecular weight is 470 g/mol. The van der Waals surface area contributed by atoms with Crippen molar-refractivity contribution in [2.75, 3.05) is 14.1 Å². The zero-order chi connectivity index (χ0) is 23.2. The van der Waals surface area contributed by atoms with Gasteiger partial charge in [0.2, 0.25) is 0 Å². The summed E-state index contributed by atoms with van der Waals surface area (Å²) >= 11 is 1.66. The molecule has 2 N–H and O–H groups in total. The number of fused-ring (bicyclic) bond motifs is 2. The minimum atomic E-state index is -0.335. The largest absolute Gasteiger partial charge is 0.335 e. The lowest BCUT2D eigenvalue weighted by molar-refractivity contribution is 0.402. The molecule has 6 aromatic rings. The molecule has 34 heavy (non-hydrogen) atoms. The van der Waals surface area contributed by atoms with E-state index in [-0.39, 0.29) is 5.82 Å². The number of pyridine rings is 2. The number of imidazole rings is 1. The summed E-state index contributed by atoms with van der Waals surface area (Å²) in [5, 5.41) is 10.2. The number of thiophene rings is 1. The molecule has 0 spiro atoms. The zero-order valence-corrected chi connectivity index (χ0v) is 19.3. The summed E-state index contributed by atoms with van der Waals surface area (Å²) in [6.07, 6.45) is 5.24. The van der Waals surface area contributed by atoms with Crippen LogP contribution in [0.5, 0.6) is 0 Å². The van der Waals surface area contributed by atoms with Gasteiger partial charge in [-0.2, -0.15) is 5.10 Å². The maximum Gasteiger partial charge on any atom is 0.178 e. The molecule has 0 aliphatic heterocycles. The summed E-state index contributed by atoms with van der Waals surface area (Å²) in [6, 6.07) is 11.3. The summed E-state index contributed by atoms with van der Waals surface area (Å²) in [7, 11) is 3.98. The summed E-state index contributed by atoms with van der Waals surface area (Å²) in [4.78, 5) is 20.0. The van der Waals surface area contributed by atoms with Gasteiger partial charge in [0.1, 0.15) is 11.5 Å². The number of rotatable bonds is 5. The third-order valence-corrected chi connectivity index (χ3v) is 6.56. The van der Waals surface area contributed by atoms with Crippen molar-refractivity contribution in [3.8, 4) is 33.1 Å². The molecule has 5 heterocycles. The fraction of sp³-hybridized carbons (Fsp3) is 0.120. The smallest absolute Gasteiger partial charge is 0.178 e. The van der Waals surface area contributed by atoms with Crippen LogP contribution in [0.2, 0.25) is 0 Å². The Bertz CT molecular complexity index is 1630. The van der Waals surface area contributed by atoms with Crippen molar-refractivity contribution in [3.63, 3.8) is 0 Å². The van der Waals surface area contributed by atoms with Crippen LogP contribution < -0.4 is 0 Å². The molecule has 0 saturated carbocycles. The average Bonchev–Trinajstić information content (AvgIpc) is 3.57. The van der Waals surface area contributed by atoms with E-state index in [1.165, 1.54) is 6.07 Å². The minimum absolute atomic E-state index is 0.335. The molecule has 9 heteroatoms. The molecule has 0 radical (unpaired) electrons. The number of halogens is 1. The van der Waals surface area contributed by atoms with E-state index in [1.54, 1.807) is 36.0 Å². The van der Waals surface area contributed by atoms with Gasteiger partial charge in [0, 0.05) is 58.2 Å². The van der Waals surface area contributed by atoms with Crippen LogP contribution in [0.25, 0.3) is 55.2 Å². The van der Waals surface area contributed by atoms with E-state index in [0.717, 1.165) is 39.0 Å². The van der Waals surface area contributed by atoms with Crippen molar-refractivity contribution in [2.24, 2.45) is 0 Å². The van der Waals surface area contributed by atoms with Gasteiger partial charge in [0.15, 0.2) is 11.5 Å². The highest BCUT2D eigenvalue weighted by Crippen LogP contribution is 2.34. The van der Waals surface area contributed by atoms with Crippen LogP contribution in [-0.4, -0.2) is 49.1 Å². The molecule has 0 atom stereocenters. The van der Waals surface area contributed by atoms with E-state index >= 15 is 4.39 Å². The predicted molar refractivity (Wildman–Crippen MR) is 133 cm³/mol. The van der Waals surface area contributed by atoms with Crippen LogP contribution in [0.1, 0.15) is 5.56 Å². The zero-order valence-electron chi connectivity index (χ0n) is 18.5. The van der Waals surface area contributed by atoms with Crippen LogP contribution in [0.4, 0.5) is 4.39 Å². The monoisotopic (exact) mass is 469 g/mol. The molecule has 1 aromatic carbocycles. The third-order valence-electron chi connectivity index (χ3n) is 5.66. The summed E-state index contributed by atoms with van der Waals surface area (Å²) in [6.45, 7) is 0.722. The topological polar surface area (TPSA) is 86.4 Å². The van der Waals surface area contributed by atoms with Gasteiger partial charge in [-0.3, -0.25) is 10.1 Å². The first-order chi connectivity index (χ1) is 16.6. The minimum Gasteiger partial charge on any atom is -0.335 e. The van der Waals surface area contributed by atoms with Gasteiger partial charge in [-0.25, -0.2) is 14.4 Å². The molecule has 0 aliphatic rings. The summed E-state index contributed by atoms with van der Waals surface area (Å²) in [5.41, 5.74) is 5.91. The molecule has 0 amide bonds. The van der Waals surface area contributed by atoms with Gasteiger partial charge in [-0.05, 0) is 49.3 Å². The molecule has 6 rings (SSSR count). The highest BCUT2D eigenvalue weighted by molar-refractivity contribution is 7.13. The normalized spacial score (nSPS) is 11.8. The number of benzene rings is 1. The first kappa shape index (κ1) is 20.6. The lowest BCUT2D eigenvalue weighted by Gasteiger charge is -2.11. The van der Waals surface area contributed by atoms with Crippen molar-refractivity contribution in [2.45, 2.75) is 6.54 Å². The highest BCUT2D eigenvalue weighted by Gasteiger charge is 2.18. The third kappa shape index (κ3) is 3.55. The Morgan fingerprint density at radius 3 is 2.82 bits per heavy atom. The number of hydrogen-bond donors (Lipinski definition) is 2. The van der Waals surface area contributed by atoms with Gasteiger partial charge in [0.05, 0.1) is 11.0 Å². The van der Waals surface area contributed by atoms with Crippen molar-refractivity contribution in [3.05, 3.63) is 71.7 Å². The molecule has 0 saturated heterocycles. The standard InChI is InChI=1S/C25H20FN7S/c1-33(2)13-14-8-15(12-27-11-14)17-9-18-20(10-19(17)26)31-32-23(18)25-29-22-16(21-4-3-7-34-21)5-6-28-24(22)30-25/h3-12H,13H2,1-2H3,(H,31,32)(H,28,29,30). The second-order valence-corrected chi connectivity index (χ2v) is 9.34. The van der Waals surface area contributed by atoms with Gasteiger partial charge in [-0.1, -0.05) is 6.07 Å². The molecule has 168 valence electrons. The van der Waals surface area contributed by atoms with E-state index in [1.807, 2.05) is 37.7 Å². The number of H-pyrrole nitrogens is 2. The van der Waals surface area contributed by atoms with Crippen LogP contribution in [0, 0.1) is 5.82 Å². The Kier molecular flexibility index (Phi) is 4.93. The van der Waals surface area contributed by atoms with E-state index in [2.05, 4.69) is 36.1 Å². The lowest BCUT2D eigenvalue weighted by atomic mass is 10.0. The number of nitrogens with one attached hydrogen (secondary N) is 2. The molecule has 0 aliphatic carbocycles. The number of nitrogens with zero attached hydrogens (tertiary/aromatic N) is 5. The molecular weight excluding hydrogens is 449 g/mol. The highest BCUT2D eigenvalue weighted by atomic mass is 32.1. The summed E-state index contributed by atoms with van der Waals surface area (Å²) < 4.78 is 15.1. The van der Waals surface area contributed by atoms with E-state index in [0.29, 0.717) is 28.2 Å². The molecule has 0 fully saturated rings. The molecular formula is C25H20FN7S. The number of aromatic amines is 2. The Morgan fingerprint density at radius 1 is 1.09 bits per heavy atom. The maximum atomic E-state index is 15.1. The predicted octanol–water partition coefficient (Wildman–Crippen LogP) is 5.49. The number of hydrogen-bond acceptors (Lipinski definition) is 6. The molecule has 0 bridgehead atoms. The molecule has 5 aromatic heterocycles. The quantitative estimate of drug-likeness (QED) is 0.349. The van der Waals surface area contributed by atoms with E-state index in [9.17, 15) is 0 Å². The SMILES string of the molecule is CN(C)Cc1cncc(-c2cc3c(-c4nc5nccc(-c6cccs6)c5[nH]4)n[nH]c3cc2F)c1. The van der Waals surface area contributed by atoms with Crippen molar-refractivity contribution in [1.82, 2.24) is 35.0 Å². The second-order valence-electron chi connectivity index (χ2n) is 8.39. The van der Waals surface area contributed by atoms with Crippen LogP contribution >= 0.6 is 11.3 Å². The van der Waals surface area contributed by atoms with Crippen LogP contribution in [0.3, 0.4) is 0 Å². The summed E-state index contributed by atoms with van der Waals surface area (Å²) in [5.74, 6) is 0.243. The Balaban J connectivity index is 1.48. The molecule has 7 nitrogen and oxygen atoms in total. The maximum absolute atomic E-state index is 15.1. The Morgan fingerprint density at radius 2 is 2.00 bits per heavy atom. The van der Waals surface area contributed by atoms with Gasteiger partial charge >= 0.3 is 0 Å². The lowest BCUT2D eigenvalue weighted by Crippen LogP contribution is -2.10. The van der Waals surface area contributed by atoms with Crippen molar-refractivity contribution < 1.29 is 4.39 Å².